The lowest BCUT2D eigenvalue weighted by molar-refractivity contribution is 0.0814. The van der Waals surface area contributed by atoms with E-state index >= 15 is 0 Å². The minimum absolute atomic E-state index is 0.0191. The van der Waals surface area contributed by atoms with Crippen molar-refractivity contribution in [2.45, 2.75) is 0 Å². The van der Waals surface area contributed by atoms with Crippen molar-refractivity contribution in [2.75, 3.05) is 13.6 Å². The smallest absolute Gasteiger partial charge is 0.255 e. The number of carbonyl (C=O) groups is 1. The van der Waals surface area contributed by atoms with Crippen LogP contribution in [-0.4, -0.2) is 39.2 Å². The number of hydrogen-bond donors (Lipinski definition) is 0. The van der Waals surface area contributed by atoms with Crippen LogP contribution < -0.4 is 0 Å². The first-order chi connectivity index (χ1) is 11.5. The molecule has 0 saturated carbocycles. The summed E-state index contributed by atoms with van der Waals surface area (Å²) in [4.78, 5) is 18.5. The standard InChI is InChI=1S/C17H14FN5O/c1-22(8-7-19)17(24)13-9-15(11-3-5-12(18)6-4-11)21-16-14(13)10-20-23(16)2/h3-6,9-10H,8H2,1-2H3. The molecule has 2 aromatic heterocycles. The van der Waals surface area contributed by atoms with Crippen LogP contribution >= 0.6 is 0 Å². The number of nitrogens with zero attached hydrogens (tertiary/aromatic N) is 5. The molecule has 0 N–H and O–H groups in total. The van der Waals surface area contributed by atoms with Gasteiger partial charge in [0.1, 0.15) is 12.4 Å². The van der Waals surface area contributed by atoms with E-state index in [0.29, 0.717) is 27.9 Å². The van der Waals surface area contributed by atoms with Gasteiger partial charge in [-0.05, 0) is 30.3 Å². The van der Waals surface area contributed by atoms with Gasteiger partial charge in [0.05, 0.1) is 28.9 Å². The third-order valence-electron chi connectivity index (χ3n) is 3.73. The molecule has 0 unspecified atom stereocenters. The Balaban J connectivity index is 2.19. The number of halogens is 1. The average molecular weight is 323 g/mol. The van der Waals surface area contributed by atoms with Gasteiger partial charge in [-0.2, -0.15) is 10.4 Å². The zero-order chi connectivity index (χ0) is 17.3. The summed E-state index contributed by atoms with van der Waals surface area (Å²) in [6, 6.07) is 9.49. The SMILES string of the molecule is CN(CC#N)C(=O)c1cc(-c2ccc(F)cc2)nc2c1cnn2C. The predicted molar refractivity (Wildman–Crippen MR) is 86.5 cm³/mol. The molecule has 2 heterocycles. The molecular formula is C17H14FN5O. The van der Waals surface area contributed by atoms with Crippen molar-refractivity contribution in [3.05, 3.63) is 47.9 Å². The first kappa shape index (κ1) is 15.6. The fourth-order valence-corrected chi connectivity index (χ4v) is 2.44. The van der Waals surface area contributed by atoms with Crippen LogP contribution in [-0.2, 0) is 7.05 Å². The second-order valence-corrected chi connectivity index (χ2v) is 5.39. The fourth-order valence-electron chi connectivity index (χ4n) is 2.44. The van der Waals surface area contributed by atoms with E-state index in [9.17, 15) is 9.18 Å². The Morgan fingerprint density at radius 2 is 2.08 bits per heavy atom. The van der Waals surface area contributed by atoms with Crippen LogP contribution in [0.4, 0.5) is 4.39 Å². The van der Waals surface area contributed by atoms with E-state index in [2.05, 4.69) is 10.1 Å². The maximum absolute atomic E-state index is 13.1. The fraction of sp³-hybridized carbons (Fsp3) is 0.176. The van der Waals surface area contributed by atoms with Gasteiger partial charge in [-0.1, -0.05) is 0 Å². The van der Waals surface area contributed by atoms with Crippen LogP contribution in [0.15, 0.2) is 36.5 Å². The molecule has 0 spiro atoms. The quantitative estimate of drug-likeness (QED) is 0.694. The van der Waals surface area contributed by atoms with E-state index in [0.717, 1.165) is 0 Å². The Hall–Kier alpha value is -3.27. The summed E-state index contributed by atoms with van der Waals surface area (Å²) < 4.78 is 14.7. The zero-order valence-corrected chi connectivity index (χ0v) is 13.2. The summed E-state index contributed by atoms with van der Waals surface area (Å²) in [5.41, 5.74) is 2.19. The van der Waals surface area contributed by atoms with Crippen LogP contribution in [0.2, 0.25) is 0 Å². The van der Waals surface area contributed by atoms with Crippen molar-refractivity contribution in [2.24, 2.45) is 7.05 Å². The molecule has 0 bridgehead atoms. The summed E-state index contributed by atoms with van der Waals surface area (Å²) in [5, 5.41) is 13.6. The van der Waals surface area contributed by atoms with Gasteiger partial charge in [0.15, 0.2) is 5.65 Å². The molecule has 0 radical (unpaired) electrons. The molecular weight excluding hydrogens is 309 g/mol. The average Bonchev–Trinajstić information content (AvgIpc) is 2.95. The number of rotatable bonds is 3. The van der Waals surface area contributed by atoms with Gasteiger partial charge in [0, 0.05) is 19.7 Å². The van der Waals surface area contributed by atoms with E-state index in [-0.39, 0.29) is 18.3 Å². The van der Waals surface area contributed by atoms with Gasteiger partial charge < -0.3 is 4.90 Å². The number of aromatic nitrogens is 3. The van der Waals surface area contributed by atoms with Gasteiger partial charge in [-0.15, -0.1) is 0 Å². The monoisotopic (exact) mass is 323 g/mol. The maximum Gasteiger partial charge on any atom is 0.255 e. The molecule has 0 atom stereocenters. The molecule has 7 heteroatoms. The number of fused-ring (bicyclic) bond motifs is 1. The summed E-state index contributed by atoms with van der Waals surface area (Å²) in [5.74, 6) is -0.634. The van der Waals surface area contributed by atoms with Crippen LogP contribution in [0.1, 0.15) is 10.4 Å². The second kappa shape index (κ2) is 6.08. The number of amides is 1. The third-order valence-corrected chi connectivity index (χ3v) is 3.73. The minimum Gasteiger partial charge on any atom is -0.328 e. The highest BCUT2D eigenvalue weighted by molar-refractivity contribution is 6.06. The van der Waals surface area contributed by atoms with E-state index in [4.69, 9.17) is 5.26 Å². The number of pyridine rings is 1. The molecule has 3 rings (SSSR count). The Bertz CT molecular complexity index is 956. The minimum atomic E-state index is -0.342. The van der Waals surface area contributed by atoms with Gasteiger partial charge in [0.2, 0.25) is 0 Å². The Labute approximate surface area is 137 Å². The van der Waals surface area contributed by atoms with Gasteiger partial charge in [-0.25, -0.2) is 9.37 Å². The lowest BCUT2D eigenvalue weighted by Crippen LogP contribution is -2.27. The molecule has 0 aliphatic rings. The normalized spacial score (nSPS) is 10.6. The number of benzene rings is 1. The second-order valence-electron chi connectivity index (χ2n) is 5.39. The molecule has 0 aliphatic carbocycles. The maximum atomic E-state index is 13.1. The van der Waals surface area contributed by atoms with Crippen LogP contribution in [0, 0.1) is 17.1 Å². The van der Waals surface area contributed by atoms with Gasteiger partial charge in [-0.3, -0.25) is 9.48 Å². The van der Waals surface area contributed by atoms with Crippen molar-refractivity contribution >= 4 is 16.9 Å². The third kappa shape index (κ3) is 2.70. The topological polar surface area (TPSA) is 74.8 Å². The molecule has 1 amide bonds. The Morgan fingerprint density at radius 1 is 1.38 bits per heavy atom. The van der Waals surface area contributed by atoms with Crippen molar-refractivity contribution in [3.8, 4) is 17.3 Å². The molecule has 3 aromatic rings. The van der Waals surface area contributed by atoms with E-state index in [1.807, 2.05) is 6.07 Å². The predicted octanol–water partition coefficient (Wildman–Crippen LogP) is 2.37. The van der Waals surface area contributed by atoms with E-state index in [1.54, 1.807) is 43.2 Å². The van der Waals surface area contributed by atoms with Crippen molar-refractivity contribution in [1.29, 1.82) is 5.26 Å². The summed E-state index contributed by atoms with van der Waals surface area (Å²) in [6.45, 7) is -0.0191. The summed E-state index contributed by atoms with van der Waals surface area (Å²) in [6.07, 6.45) is 1.57. The van der Waals surface area contributed by atoms with Gasteiger partial charge >= 0.3 is 0 Å². The number of carbonyl (C=O) groups excluding carboxylic acids is 1. The van der Waals surface area contributed by atoms with E-state index < -0.39 is 0 Å². The number of aryl methyl sites for hydroxylation is 1. The lowest BCUT2D eigenvalue weighted by atomic mass is 10.1. The molecule has 120 valence electrons. The number of nitriles is 1. The highest BCUT2D eigenvalue weighted by Crippen LogP contribution is 2.25. The van der Waals surface area contributed by atoms with E-state index in [1.165, 1.54) is 17.0 Å². The lowest BCUT2D eigenvalue weighted by Gasteiger charge is -2.14. The number of hydrogen-bond acceptors (Lipinski definition) is 4. The molecule has 0 aliphatic heterocycles. The van der Waals surface area contributed by atoms with Crippen molar-refractivity contribution < 1.29 is 9.18 Å². The molecule has 24 heavy (non-hydrogen) atoms. The highest BCUT2D eigenvalue weighted by atomic mass is 19.1. The summed E-state index contributed by atoms with van der Waals surface area (Å²) >= 11 is 0. The van der Waals surface area contributed by atoms with Gasteiger partial charge in [0.25, 0.3) is 5.91 Å². The first-order valence-corrected chi connectivity index (χ1v) is 7.22. The molecule has 0 fully saturated rings. The molecule has 6 nitrogen and oxygen atoms in total. The van der Waals surface area contributed by atoms with Crippen LogP contribution in [0.3, 0.4) is 0 Å². The van der Waals surface area contributed by atoms with Crippen LogP contribution in [0.5, 0.6) is 0 Å². The molecule has 0 saturated heterocycles. The summed E-state index contributed by atoms with van der Waals surface area (Å²) in [7, 11) is 3.29. The Kier molecular flexibility index (Phi) is 3.96. The van der Waals surface area contributed by atoms with Crippen LogP contribution in [0.25, 0.3) is 22.3 Å². The molecule has 1 aromatic carbocycles. The first-order valence-electron chi connectivity index (χ1n) is 7.22. The highest BCUT2D eigenvalue weighted by Gasteiger charge is 2.19. The van der Waals surface area contributed by atoms with Crippen molar-refractivity contribution in [3.63, 3.8) is 0 Å². The Morgan fingerprint density at radius 3 is 2.75 bits per heavy atom. The largest absolute Gasteiger partial charge is 0.328 e. The zero-order valence-electron chi connectivity index (χ0n) is 13.2. The van der Waals surface area contributed by atoms with Crippen molar-refractivity contribution in [1.82, 2.24) is 19.7 Å².